The first-order chi connectivity index (χ1) is 7.60. The van der Waals surface area contributed by atoms with Crippen LogP contribution in [0.1, 0.15) is 18.4 Å². The topological polar surface area (TPSA) is 51.2 Å². The molecule has 1 saturated carbocycles. The predicted molar refractivity (Wildman–Crippen MR) is 63.7 cm³/mol. The normalized spacial score (nSPS) is 25.8. The first kappa shape index (κ1) is 10.7. The Morgan fingerprint density at radius 2 is 2.38 bits per heavy atom. The van der Waals surface area contributed by atoms with Crippen molar-refractivity contribution in [1.29, 1.82) is 0 Å². The van der Waals surface area contributed by atoms with Crippen molar-refractivity contribution in [2.75, 3.05) is 6.54 Å². The number of nitrogens with one attached hydrogen (secondary N) is 1. The fourth-order valence-corrected chi connectivity index (χ4v) is 3.05. The molecule has 0 saturated heterocycles. The molecule has 1 N–H and O–H groups in total. The van der Waals surface area contributed by atoms with Crippen LogP contribution in [0.15, 0.2) is 15.6 Å². The van der Waals surface area contributed by atoms with Gasteiger partial charge < -0.3 is 4.74 Å². The minimum Gasteiger partial charge on any atom is -0.469 e. The summed E-state index contributed by atoms with van der Waals surface area (Å²) in [5.41, 5.74) is 0.798. The number of nitrogens with zero attached hydrogens (tertiary/aromatic N) is 1. The van der Waals surface area contributed by atoms with Crippen LogP contribution in [-0.4, -0.2) is 21.3 Å². The summed E-state index contributed by atoms with van der Waals surface area (Å²) >= 11 is 3.37. The summed E-state index contributed by atoms with van der Waals surface area (Å²) in [6.07, 6.45) is 2.01. The highest BCUT2D eigenvalue weighted by molar-refractivity contribution is 9.10. The largest absolute Gasteiger partial charge is 0.469 e. The second-order valence-corrected chi connectivity index (χ2v) is 6.29. The zero-order valence-electron chi connectivity index (χ0n) is 8.75. The molecule has 1 aliphatic heterocycles. The summed E-state index contributed by atoms with van der Waals surface area (Å²) in [6.45, 7) is 2.55. The van der Waals surface area contributed by atoms with Gasteiger partial charge in [0.1, 0.15) is 26.1 Å². The average molecular weight is 303 g/mol. The van der Waals surface area contributed by atoms with Gasteiger partial charge in [0, 0.05) is 6.54 Å². The monoisotopic (exact) mass is 302 g/mol. The number of fused-ring (bicyclic) bond motifs is 1. The molecule has 1 aromatic heterocycles. The van der Waals surface area contributed by atoms with Crippen LogP contribution < -0.4 is 9.46 Å². The number of ether oxygens (including phenoxy) is 1. The van der Waals surface area contributed by atoms with E-state index in [4.69, 9.17) is 4.74 Å². The fraction of sp³-hybridized carbons (Fsp3) is 0.500. The van der Waals surface area contributed by atoms with E-state index in [-0.39, 0.29) is 5.60 Å². The number of rotatable bonds is 0. The minimum atomic E-state index is -1.22. The highest BCUT2D eigenvalue weighted by Crippen LogP contribution is 2.42. The molecule has 4 nitrogen and oxygen atoms in total. The molecule has 0 bridgehead atoms. The van der Waals surface area contributed by atoms with Crippen molar-refractivity contribution < 1.29 is 8.95 Å². The Bertz CT molecular complexity index is 488. The molecule has 1 aliphatic carbocycles. The van der Waals surface area contributed by atoms with E-state index in [1.807, 2.05) is 13.0 Å². The molecule has 86 valence electrons. The van der Waals surface area contributed by atoms with Crippen LogP contribution in [0.4, 0.5) is 0 Å². The average Bonchev–Trinajstić information content (AvgIpc) is 3.01. The number of hydrogen-bond donors (Lipinski definition) is 1. The molecule has 1 unspecified atom stereocenters. The van der Waals surface area contributed by atoms with Gasteiger partial charge in [-0.15, -0.1) is 0 Å². The van der Waals surface area contributed by atoms with Crippen LogP contribution >= 0.6 is 15.9 Å². The van der Waals surface area contributed by atoms with Crippen molar-refractivity contribution in [3.8, 4) is 5.88 Å². The lowest BCUT2D eigenvalue weighted by atomic mass is 10.3. The van der Waals surface area contributed by atoms with Crippen LogP contribution in [0, 0.1) is 6.92 Å². The third kappa shape index (κ3) is 1.69. The number of aromatic nitrogens is 1. The second-order valence-electron chi connectivity index (χ2n) is 4.27. The molecule has 0 amide bonds. The molecule has 2 heterocycles. The Kier molecular flexibility index (Phi) is 2.35. The number of halogens is 1. The molecule has 2 aliphatic rings. The maximum atomic E-state index is 11.9. The van der Waals surface area contributed by atoms with E-state index in [0.717, 1.165) is 23.0 Å². The SMILES string of the molecule is Cc1cc2c(nc1Br)OC1(CC1)CNS2=O. The summed E-state index contributed by atoms with van der Waals surface area (Å²) in [7, 11) is -1.22. The molecule has 16 heavy (non-hydrogen) atoms. The highest BCUT2D eigenvalue weighted by atomic mass is 79.9. The summed E-state index contributed by atoms with van der Waals surface area (Å²) in [5.74, 6) is 0.498. The molecule has 1 fully saturated rings. The zero-order chi connectivity index (χ0) is 11.3. The lowest BCUT2D eigenvalue weighted by Gasteiger charge is -2.13. The standard InChI is InChI=1S/C10H11BrN2O2S/c1-6-4-7-9(13-8(6)11)15-10(2-3-10)5-12-16(7)14/h4,12H,2-3,5H2,1H3. The first-order valence-electron chi connectivity index (χ1n) is 5.11. The maximum Gasteiger partial charge on any atom is 0.233 e. The van der Waals surface area contributed by atoms with Crippen molar-refractivity contribution >= 4 is 26.9 Å². The summed E-state index contributed by atoms with van der Waals surface area (Å²) in [6, 6.07) is 1.86. The smallest absolute Gasteiger partial charge is 0.233 e. The number of aryl methyl sites for hydroxylation is 1. The third-order valence-electron chi connectivity index (χ3n) is 2.93. The van der Waals surface area contributed by atoms with Gasteiger partial charge in [-0.1, -0.05) is 0 Å². The summed E-state index contributed by atoms with van der Waals surface area (Å²) in [5, 5.41) is 0. The molecular weight excluding hydrogens is 292 g/mol. The number of hydrogen-bond acceptors (Lipinski definition) is 3. The maximum absolute atomic E-state index is 11.9. The van der Waals surface area contributed by atoms with Gasteiger partial charge in [-0.05, 0) is 47.3 Å². The van der Waals surface area contributed by atoms with Gasteiger partial charge in [-0.3, -0.25) is 0 Å². The van der Waals surface area contributed by atoms with Gasteiger partial charge in [0.15, 0.2) is 0 Å². The molecule has 3 rings (SSSR count). The fourth-order valence-electron chi connectivity index (χ4n) is 1.69. The van der Waals surface area contributed by atoms with Crippen LogP contribution in [0.2, 0.25) is 0 Å². The van der Waals surface area contributed by atoms with E-state index < -0.39 is 11.0 Å². The highest BCUT2D eigenvalue weighted by Gasteiger charge is 2.48. The van der Waals surface area contributed by atoms with Gasteiger partial charge in [-0.2, -0.15) is 0 Å². The Morgan fingerprint density at radius 1 is 1.62 bits per heavy atom. The lowest BCUT2D eigenvalue weighted by molar-refractivity contribution is 0.173. The molecule has 0 aromatic carbocycles. The van der Waals surface area contributed by atoms with Crippen LogP contribution in [0.3, 0.4) is 0 Å². The van der Waals surface area contributed by atoms with Crippen LogP contribution in [0.25, 0.3) is 0 Å². The van der Waals surface area contributed by atoms with Crippen molar-refractivity contribution in [2.24, 2.45) is 0 Å². The van der Waals surface area contributed by atoms with Crippen molar-refractivity contribution in [2.45, 2.75) is 30.3 Å². The third-order valence-corrected chi connectivity index (χ3v) is 4.83. The van der Waals surface area contributed by atoms with Crippen molar-refractivity contribution in [1.82, 2.24) is 9.71 Å². The van der Waals surface area contributed by atoms with Crippen molar-refractivity contribution in [3.63, 3.8) is 0 Å². The van der Waals surface area contributed by atoms with E-state index in [0.29, 0.717) is 17.3 Å². The van der Waals surface area contributed by atoms with E-state index in [1.165, 1.54) is 0 Å². The van der Waals surface area contributed by atoms with E-state index in [2.05, 4.69) is 25.6 Å². The van der Waals surface area contributed by atoms with Crippen LogP contribution in [0.5, 0.6) is 5.88 Å². The molecule has 0 radical (unpaired) electrons. The van der Waals surface area contributed by atoms with E-state index >= 15 is 0 Å². The summed E-state index contributed by atoms with van der Waals surface area (Å²) in [4.78, 5) is 4.96. The van der Waals surface area contributed by atoms with Crippen molar-refractivity contribution in [3.05, 3.63) is 16.2 Å². The minimum absolute atomic E-state index is 0.164. The molecule has 1 spiro atoms. The van der Waals surface area contributed by atoms with Gasteiger partial charge in [0.05, 0.1) is 0 Å². The molecule has 1 aromatic rings. The Hall–Kier alpha value is -0.460. The Balaban J connectivity index is 2.11. The quantitative estimate of drug-likeness (QED) is 0.742. The Labute approximate surface area is 105 Å². The second kappa shape index (κ2) is 3.51. The zero-order valence-corrected chi connectivity index (χ0v) is 11.2. The van der Waals surface area contributed by atoms with Gasteiger partial charge >= 0.3 is 0 Å². The van der Waals surface area contributed by atoms with Crippen LogP contribution in [-0.2, 0) is 11.0 Å². The van der Waals surface area contributed by atoms with Gasteiger partial charge in [0.25, 0.3) is 0 Å². The van der Waals surface area contributed by atoms with E-state index in [9.17, 15) is 4.21 Å². The van der Waals surface area contributed by atoms with Gasteiger partial charge in [-0.25, -0.2) is 13.9 Å². The number of pyridine rings is 1. The predicted octanol–water partition coefficient (Wildman–Crippen LogP) is 1.69. The Morgan fingerprint density at radius 3 is 3.06 bits per heavy atom. The lowest BCUT2D eigenvalue weighted by Crippen LogP contribution is -2.31. The molecule has 6 heteroatoms. The summed E-state index contributed by atoms with van der Waals surface area (Å²) < 4.78 is 21.6. The molecular formula is C10H11BrN2O2S. The molecule has 1 atom stereocenters. The van der Waals surface area contributed by atoms with Gasteiger partial charge in [0.2, 0.25) is 5.88 Å². The first-order valence-corrected chi connectivity index (χ1v) is 7.05. The van der Waals surface area contributed by atoms with E-state index in [1.54, 1.807) is 0 Å².